The van der Waals surface area contributed by atoms with Gasteiger partial charge in [0.25, 0.3) is 0 Å². The molecule has 2 nitrogen and oxygen atoms in total. The predicted octanol–water partition coefficient (Wildman–Crippen LogP) is 7.31. The van der Waals surface area contributed by atoms with Crippen LogP contribution in [0.5, 0.6) is 0 Å². The number of hydrogen-bond acceptors (Lipinski definition) is 2. The van der Waals surface area contributed by atoms with Crippen molar-refractivity contribution in [3.05, 3.63) is 72.1 Å². The molecule has 0 saturated carbocycles. The van der Waals surface area contributed by atoms with E-state index in [4.69, 9.17) is 0 Å². The number of hydrogen-bond donors (Lipinski definition) is 0. The van der Waals surface area contributed by atoms with Gasteiger partial charge in [-0.1, -0.05) is 64.1 Å². The molecular formula is C24H35FO2S. The lowest BCUT2D eigenvalue weighted by atomic mass is 9.88. The number of allylic oxidation sites excluding steroid dienone is 7. The van der Waals surface area contributed by atoms with Gasteiger partial charge in [0, 0.05) is 6.26 Å². The molecule has 0 N–H and O–H groups in total. The second-order valence-corrected chi connectivity index (χ2v) is 9.37. The number of rotatable bonds is 4. The molecule has 1 aliphatic carbocycles. The quantitative estimate of drug-likeness (QED) is 0.491. The van der Waals surface area contributed by atoms with Crippen molar-refractivity contribution in [2.45, 2.75) is 59.3 Å². The Balaban J connectivity index is 0.000000618. The summed E-state index contributed by atoms with van der Waals surface area (Å²) in [6.45, 7) is 15.8. The maximum absolute atomic E-state index is 12.0. The fourth-order valence-electron chi connectivity index (χ4n) is 3.02. The van der Waals surface area contributed by atoms with Crippen molar-refractivity contribution in [3.8, 4) is 0 Å². The van der Waals surface area contributed by atoms with Crippen LogP contribution in [0.2, 0.25) is 0 Å². The van der Waals surface area contributed by atoms with Gasteiger partial charge in [0.15, 0.2) is 9.84 Å². The minimum Gasteiger partial charge on any atom is -0.224 e. The smallest absolute Gasteiger partial charge is 0.175 e. The highest BCUT2D eigenvalue weighted by atomic mass is 32.2. The summed E-state index contributed by atoms with van der Waals surface area (Å²) in [5.74, 6) is -0.303. The third-order valence-electron chi connectivity index (χ3n) is 4.19. The number of benzene rings is 1. The van der Waals surface area contributed by atoms with Gasteiger partial charge in [0.1, 0.15) is 5.83 Å². The van der Waals surface area contributed by atoms with E-state index in [-0.39, 0.29) is 5.83 Å². The number of halogens is 1. The van der Waals surface area contributed by atoms with Gasteiger partial charge in [-0.25, -0.2) is 12.8 Å². The van der Waals surface area contributed by atoms with Gasteiger partial charge in [-0.2, -0.15) is 0 Å². The lowest BCUT2D eigenvalue weighted by Gasteiger charge is -2.17. The Morgan fingerprint density at radius 3 is 2.04 bits per heavy atom. The highest BCUT2D eigenvalue weighted by Crippen LogP contribution is 2.45. The predicted molar refractivity (Wildman–Crippen MR) is 121 cm³/mol. The molecule has 4 heteroatoms. The Morgan fingerprint density at radius 2 is 1.68 bits per heavy atom. The van der Waals surface area contributed by atoms with Gasteiger partial charge in [0.2, 0.25) is 0 Å². The fourth-order valence-corrected chi connectivity index (χ4v) is 3.65. The molecule has 0 heterocycles. The summed E-state index contributed by atoms with van der Waals surface area (Å²) in [5, 5.41) is 0. The Kier molecular flexibility index (Phi) is 11.0. The van der Waals surface area contributed by atoms with E-state index in [1.807, 2.05) is 32.9 Å². The Hall–Kier alpha value is -1.94. The normalized spacial score (nSPS) is 16.2. The SMILES string of the molecule is C=C/C(F)=C\C=C/C.CC.CC1=C(c2ccc(S(C)(=O)=O)cc2)CC(C)(C)C1. The van der Waals surface area contributed by atoms with E-state index in [1.54, 1.807) is 24.3 Å². The largest absolute Gasteiger partial charge is 0.224 e. The van der Waals surface area contributed by atoms with E-state index in [1.165, 1.54) is 29.6 Å². The first-order valence-corrected chi connectivity index (χ1v) is 11.5. The highest BCUT2D eigenvalue weighted by molar-refractivity contribution is 7.90. The molecule has 0 saturated heterocycles. The summed E-state index contributed by atoms with van der Waals surface area (Å²) >= 11 is 0. The summed E-state index contributed by atoms with van der Waals surface area (Å²) in [5.41, 5.74) is 4.28. The molecular weight excluding hydrogens is 371 g/mol. The zero-order chi connectivity index (χ0) is 22.0. The van der Waals surface area contributed by atoms with Crippen LogP contribution in [0.4, 0.5) is 4.39 Å². The number of sulfone groups is 1. The third-order valence-corrected chi connectivity index (χ3v) is 5.32. The molecule has 0 bridgehead atoms. The van der Waals surface area contributed by atoms with Crippen LogP contribution in [-0.2, 0) is 9.84 Å². The van der Waals surface area contributed by atoms with E-state index < -0.39 is 9.84 Å². The minimum absolute atomic E-state index is 0.303. The minimum atomic E-state index is -3.10. The zero-order valence-electron chi connectivity index (χ0n) is 18.3. The first-order chi connectivity index (χ1) is 13.0. The lowest BCUT2D eigenvalue weighted by Crippen LogP contribution is -2.05. The molecule has 0 spiro atoms. The molecule has 0 amide bonds. The van der Waals surface area contributed by atoms with Gasteiger partial charge in [-0.15, -0.1) is 0 Å². The monoisotopic (exact) mass is 406 g/mol. The average molecular weight is 407 g/mol. The van der Waals surface area contributed by atoms with E-state index >= 15 is 0 Å². The van der Waals surface area contributed by atoms with Crippen molar-refractivity contribution in [1.29, 1.82) is 0 Å². The Labute approximate surface area is 171 Å². The second-order valence-electron chi connectivity index (χ2n) is 7.35. The van der Waals surface area contributed by atoms with Gasteiger partial charge in [-0.3, -0.25) is 0 Å². The van der Waals surface area contributed by atoms with Gasteiger partial charge in [0.05, 0.1) is 4.90 Å². The van der Waals surface area contributed by atoms with Gasteiger partial charge in [-0.05, 0) is 67.5 Å². The topological polar surface area (TPSA) is 34.1 Å². The highest BCUT2D eigenvalue weighted by Gasteiger charge is 2.28. The molecule has 1 aliphatic rings. The van der Waals surface area contributed by atoms with Crippen LogP contribution in [-0.4, -0.2) is 14.7 Å². The molecule has 2 rings (SSSR count). The Bertz CT molecular complexity index is 824. The van der Waals surface area contributed by atoms with E-state index in [9.17, 15) is 12.8 Å². The maximum atomic E-state index is 12.0. The van der Waals surface area contributed by atoms with Crippen molar-refractivity contribution >= 4 is 15.4 Å². The zero-order valence-corrected chi connectivity index (χ0v) is 19.2. The van der Waals surface area contributed by atoms with E-state index in [0.29, 0.717) is 10.3 Å². The first kappa shape index (κ1) is 26.1. The van der Waals surface area contributed by atoms with Crippen LogP contribution < -0.4 is 0 Å². The molecule has 28 heavy (non-hydrogen) atoms. The van der Waals surface area contributed by atoms with E-state index in [2.05, 4.69) is 27.4 Å². The third kappa shape index (κ3) is 8.83. The standard InChI is InChI=1S/C15H20O2S.C7H9F.C2H6/c1-11-9-15(2,3)10-14(11)12-5-7-13(8-6-12)18(4,16)17;1-3-5-6-7(8)4-2;1-2/h5-8H,9-10H2,1-4H3;3-6H,2H2,1H3;1-2H3/b;5-3-,7-6+;. The van der Waals surface area contributed by atoms with Crippen molar-refractivity contribution < 1.29 is 12.8 Å². The van der Waals surface area contributed by atoms with Gasteiger partial charge >= 0.3 is 0 Å². The van der Waals surface area contributed by atoms with Crippen LogP contribution in [0.15, 0.2) is 71.4 Å². The molecule has 1 aromatic rings. The molecule has 0 atom stereocenters. The first-order valence-electron chi connectivity index (χ1n) is 9.60. The van der Waals surface area contributed by atoms with Crippen LogP contribution in [0.3, 0.4) is 0 Å². The molecule has 0 radical (unpaired) electrons. The van der Waals surface area contributed by atoms with Crippen LogP contribution in [0, 0.1) is 5.41 Å². The lowest BCUT2D eigenvalue weighted by molar-refractivity contribution is 0.397. The summed E-state index contributed by atoms with van der Waals surface area (Å²) < 4.78 is 34.9. The summed E-state index contributed by atoms with van der Waals surface area (Å²) in [6, 6.07) is 7.26. The van der Waals surface area contributed by atoms with Crippen LogP contribution >= 0.6 is 0 Å². The Morgan fingerprint density at radius 1 is 1.14 bits per heavy atom. The van der Waals surface area contributed by atoms with E-state index in [0.717, 1.165) is 18.4 Å². The molecule has 0 fully saturated rings. The van der Waals surface area contributed by atoms with Crippen molar-refractivity contribution in [2.75, 3.05) is 6.26 Å². The molecule has 0 unspecified atom stereocenters. The fraction of sp³-hybridized carbons (Fsp3) is 0.417. The summed E-state index contributed by atoms with van der Waals surface area (Å²) in [6.07, 6.45) is 9.32. The van der Waals surface area contributed by atoms with Crippen LogP contribution in [0.25, 0.3) is 5.57 Å². The van der Waals surface area contributed by atoms with Crippen molar-refractivity contribution in [3.63, 3.8) is 0 Å². The molecule has 0 aromatic heterocycles. The summed E-state index contributed by atoms with van der Waals surface area (Å²) in [7, 11) is -3.10. The molecule has 0 aliphatic heterocycles. The second kappa shape index (κ2) is 11.8. The molecule has 1 aromatic carbocycles. The maximum Gasteiger partial charge on any atom is 0.175 e. The molecule has 156 valence electrons. The summed E-state index contributed by atoms with van der Waals surface area (Å²) in [4.78, 5) is 0.391. The average Bonchev–Trinajstić information content (AvgIpc) is 2.93. The van der Waals surface area contributed by atoms with Gasteiger partial charge < -0.3 is 0 Å². The van der Waals surface area contributed by atoms with Crippen molar-refractivity contribution in [2.24, 2.45) is 5.41 Å². The van der Waals surface area contributed by atoms with Crippen molar-refractivity contribution in [1.82, 2.24) is 0 Å². The van der Waals surface area contributed by atoms with Crippen LogP contribution in [0.1, 0.15) is 59.9 Å².